The molecule has 0 fully saturated rings. The Kier molecular flexibility index (Phi) is 4.12. The molecule has 0 bridgehead atoms. The monoisotopic (exact) mass is 276 g/mol. The van der Waals surface area contributed by atoms with Crippen molar-refractivity contribution in [2.75, 3.05) is 5.32 Å². The van der Waals surface area contributed by atoms with E-state index in [-0.39, 0.29) is 0 Å². The molecule has 0 aliphatic heterocycles. The normalized spacial score (nSPS) is 10.1. The van der Waals surface area contributed by atoms with E-state index in [1.165, 1.54) is 5.56 Å². The first-order valence-electron chi connectivity index (χ1n) is 6.86. The van der Waals surface area contributed by atoms with E-state index in [1.54, 1.807) is 12.4 Å². The summed E-state index contributed by atoms with van der Waals surface area (Å²) in [5, 5.41) is 3.38. The summed E-state index contributed by atoms with van der Waals surface area (Å²) < 4.78 is 5.71. The highest BCUT2D eigenvalue weighted by molar-refractivity contribution is 5.47. The molecule has 0 amide bonds. The van der Waals surface area contributed by atoms with Crippen LogP contribution in [0.3, 0.4) is 0 Å². The standard InChI is InChI=1S/C18H16N2O/c1-2-5-15(6-3-1)13-20-16-8-10-17(11-9-16)21-18-7-4-12-19-14-18/h1-12,14,20H,13H2. The molecule has 1 N–H and O–H groups in total. The maximum absolute atomic E-state index is 5.71. The zero-order valence-electron chi connectivity index (χ0n) is 11.6. The van der Waals surface area contributed by atoms with E-state index in [1.807, 2.05) is 54.6 Å². The molecule has 104 valence electrons. The lowest BCUT2D eigenvalue weighted by molar-refractivity contribution is 0.480. The predicted molar refractivity (Wildman–Crippen MR) is 84.5 cm³/mol. The number of aromatic nitrogens is 1. The number of benzene rings is 2. The van der Waals surface area contributed by atoms with Crippen molar-refractivity contribution in [3.05, 3.63) is 84.7 Å². The summed E-state index contributed by atoms with van der Waals surface area (Å²) in [5.74, 6) is 1.54. The average molecular weight is 276 g/mol. The van der Waals surface area contributed by atoms with Crippen LogP contribution in [0.15, 0.2) is 79.1 Å². The molecular formula is C18H16N2O. The van der Waals surface area contributed by atoms with Gasteiger partial charge >= 0.3 is 0 Å². The zero-order chi connectivity index (χ0) is 14.3. The lowest BCUT2D eigenvalue weighted by atomic mass is 10.2. The molecule has 0 radical (unpaired) electrons. The first-order chi connectivity index (χ1) is 10.4. The third-order valence-electron chi connectivity index (χ3n) is 3.06. The van der Waals surface area contributed by atoms with Gasteiger partial charge in [0.25, 0.3) is 0 Å². The first-order valence-corrected chi connectivity index (χ1v) is 6.86. The van der Waals surface area contributed by atoms with E-state index in [9.17, 15) is 0 Å². The largest absolute Gasteiger partial charge is 0.456 e. The number of pyridine rings is 1. The van der Waals surface area contributed by atoms with Crippen molar-refractivity contribution >= 4 is 5.69 Å². The van der Waals surface area contributed by atoms with Crippen molar-refractivity contribution in [3.63, 3.8) is 0 Å². The highest BCUT2D eigenvalue weighted by Crippen LogP contribution is 2.22. The summed E-state index contributed by atoms with van der Waals surface area (Å²) in [6, 6.07) is 22.0. The van der Waals surface area contributed by atoms with Gasteiger partial charge in [-0.3, -0.25) is 4.98 Å². The molecule has 21 heavy (non-hydrogen) atoms. The van der Waals surface area contributed by atoms with Crippen molar-refractivity contribution < 1.29 is 4.74 Å². The smallest absolute Gasteiger partial charge is 0.145 e. The van der Waals surface area contributed by atoms with Gasteiger partial charge in [0.2, 0.25) is 0 Å². The molecule has 2 aromatic carbocycles. The minimum atomic E-state index is 0.738. The molecule has 0 saturated heterocycles. The Morgan fingerprint density at radius 3 is 2.33 bits per heavy atom. The maximum atomic E-state index is 5.71. The molecule has 3 aromatic rings. The van der Waals surface area contributed by atoms with Crippen LogP contribution in [-0.2, 0) is 6.54 Å². The van der Waals surface area contributed by atoms with Crippen molar-refractivity contribution in [2.24, 2.45) is 0 Å². The van der Waals surface area contributed by atoms with Gasteiger partial charge in [0.1, 0.15) is 11.5 Å². The highest BCUT2D eigenvalue weighted by Gasteiger charge is 1.98. The molecule has 0 saturated carbocycles. The van der Waals surface area contributed by atoms with Crippen LogP contribution in [0.5, 0.6) is 11.5 Å². The summed E-state index contributed by atoms with van der Waals surface area (Å²) in [6.45, 7) is 0.809. The second kappa shape index (κ2) is 6.57. The quantitative estimate of drug-likeness (QED) is 0.745. The van der Waals surface area contributed by atoms with Gasteiger partial charge in [0.05, 0.1) is 6.20 Å². The van der Waals surface area contributed by atoms with Gasteiger partial charge < -0.3 is 10.1 Å². The van der Waals surface area contributed by atoms with E-state index in [0.29, 0.717) is 0 Å². The molecule has 0 unspecified atom stereocenters. The van der Waals surface area contributed by atoms with Crippen LogP contribution in [0.4, 0.5) is 5.69 Å². The number of ether oxygens (including phenoxy) is 1. The van der Waals surface area contributed by atoms with Gasteiger partial charge in [0, 0.05) is 18.4 Å². The third-order valence-corrected chi connectivity index (χ3v) is 3.06. The summed E-state index contributed by atoms with van der Waals surface area (Å²) in [4.78, 5) is 4.02. The molecule has 0 aliphatic carbocycles. The highest BCUT2D eigenvalue weighted by atomic mass is 16.5. The summed E-state index contributed by atoms with van der Waals surface area (Å²) in [6.07, 6.45) is 3.42. The molecule has 1 aromatic heterocycles. The van der Waals surface area contributed by atoms with Gasteiger partial charge in [-0.05, 0) is 42.0 Å². The molecule has 3 nitrogen and oxygen atoms in total. The Morgan fingerprint density at radius 1 is 0.810 bits per heavy atom. The van der Waals surface area contributed by atoms with Gasteiger partial charge in [-0.25, -0.2) is 0 Å². The maximum Gasteiger partial charge on any atom is 0.145 e. The Hall–Kier alpha value is -2.81. The second-order valence-electron chi connectivity index (χ2n) is 4.65. The summed E-state index contributed by atoms with van der Waals surface area (Å²) in [7, 11) is 0. The van der Waals surface area contributed by atoms with Crippen molar-refractivity contribution in [3.8, 4) is 11.5 Å². The topological polar surface area (TPSA) is 34.1 Å². The fraction of sp³-hybridized carbons (Fsp3) is 0.0556. The Morgan fingerprint density at radius 2 is 1.62 bits per heavy atom. The Bertz CT molecular complexity index is 667. The molecule has 1 heterocycles. The van der Waals surface area contributed by atoms with Crippen LogP contribution < -0.4 is 10.1 Å². The van der Waals surface area contributed by atoms with E-state index >= 15 is 0 Å². The SMILES string of the molecule is c1ccc(CNc2ccc(Oc3cccnc3)cc2)cc1. The fourth-order valence-corrected chi connectivity index (χ4v) is 1.98. The van der Waals surface area contributed by atoms with Crippen molar-refractivity contribution in [1.29, 1.82) is 0 Å². The number of nitrogens with zero attached hydrogens (tertiary/aromatic N) is 1. The molecule has 0 atom stereocenters. The first kappa shape index (κ1) is 13.2. The fourth-order valence-electron chi connectivity index (χ4n) is 1.98. The van der Waals surface area contributed by atoms with Crippen molar-refractivity contribution in [2.45, 2.75) is 6.54 Å². The zero-order valence-corrected chi connectivity index (χ0v) is 11.6. The lowest BCUT2D eigenvalue weighted by Crippen LogP contribution is -1.98. The van der Waals surface area contributed by atoms with E-state index in [2.05, 4.69) is 22.4 Å². The lowest BCUT2D eigenvalue weighted by Gasteiger charge is -2.08. The number of nitrogens with one attached hydrogen (secondary N) is 1. The number of rotatable bonds is 5. The Labute approximate surface area is 124 Å². The van der Waals surface area contributed by atoms with Gasteiger partial charge in [0.15, 0.2) is 0 Å². The van der Waals surface area contributed by atoms with Gasteiger partial charge in [-0.2, -0.15) is 0 Å². The third kappa shape index (κ3) is 3.83. The van der Waals surface area contributed by atoms with Crippen LogP contribution >= 0.6 is 0 Å². The number of hydrogen-bond donors (Lipinski definition) is 1. The van der Waals surface area contributed by atoms with Crippen LogP contribution in [0.2, 0.25) is 0 Å². The minimum absolute atomic E-state index is 0.738. The predicted octanol–water partition coefficient (Wildman–Crippen LogP) is 4.49. The summed E-state index contributed by atoms with van der Waals surface area (Å²) >= 11 is 0. The van der Waals surface area contributed by atoms with Crippen molar-refractivity contribution in [1.82, 2.24) is 4.98 Å². The van der Waals surface area contributed by atoms with Gasteiger partial charge in [-0.1, -0.05) is 30.3 Å². The second-order valence-corrected chi connectivity index (χ2v) is 4.65. The van der Waals surface area contributed by atoms with Crippen LogP contribution in [0.1, 0.15) is 5.56 Å². The molecule has 3 rings (SSSR count). The average Bonchev–Trinajstić information content (AvgIpc) is 2.56. The minimum Gasteiger partial charge on any atom is -0.456 e. The van der Waals surface area contributed by atoms with Gasteiger partial charge in [-0.15, -0.1) is 0 Å². The van der Waals surface area contributed by atoms with Crippen LogP contribution in [0, 0.1) is 0 Å². The number of anilines is 1. The molecular weight excluding hydrogens is 260 g/mol. The molecule has 0 spiro atoms. The van der Waals surface area contributed by atoms with Crippen LogP contribution in [-0.4, -0.2) is 4.98 Å². The van der Waals surface area contributed by atoms with Crippen LogP contribution in [0.25, 0.3) is 0 Å². The Balaban J connectivity index is 1.59. The van der Waals surface area contributed by atoms with E-state index in [0.717, 1.165) is 23.7 Å². The van der Waals surface area contributed by atoms with E-state index in [4.69, 9.17) is 4.74 Å². The molecule has 3 heteroatoms. The number of hydrogen-bond acceptors (Lipinski definition) is 3. The summed E-state index contributed by atoms with van der Waals surface area (Å²) in [5.41, 5.74) is 2.32. The molecule has 0 aliphatic rings. The van der Waals surface area contributed by atoms with E-state index < -0.39 is 0 Å².